The molecule has 0 fully saturated rings. The van der Waals surface area contributed by atoms with E-state index in [2.05, 4.69) is 10.1 Å². The van der Waals surface area contributed by atoms with Gasteiger partial charge in [0.25, 0.3) is 0 Å². The van der Waals surface area contributed by atoms with Crippen LogP contribution in [0.4, 0.5) is 17.6 Å². The van der Waals surface area contributed by atoms with Crippen LogP contribution in [0.25, 0.3) is 33.1 Å². The number of carbonyl (C=O) groups is 1. The highest BCUT2D eigenvalue weighted by Gasteiger charge is 2.35. The first kappa shape index (κ1) is 20.2. The second-order valence-corrected chi connectivity index (χ2v) is 5.97. The van der Waals surface area contributed by atoms with Crippen LogP contribution >= 0.6 is 0 Å². The summed E-state index contributed by atoms with van der Waals surface area (Å²) in [4.78, 5) is 15.4. The first-order chi connectivity index (χ1) is 13.9. The van der Waals surface area contributed by atoms with Crippen molar-refractivity contribution in [3.05, 3.63) is 60.3 Å². The van der Waals surface area contributed by atoms with Gasteiger partial charge in [-0.25, -0.2) is 0 Å². The molecular formula is C20H15F4N3O2. The largest absolute Gasteiger partial charge is 0.480 e. The van der Waals surface area contributed by atoms with Crippen LogP contribution in [0.2, 0.25) is 0 Å². The first-order valence-corrected chi connectivity index (χ1v) is 8.36. The number of fused-ring (bicyclic) bond motifs is 2. The molecule has 0 aliphatic carbocycles. The second-order valence-electron chi connectivity index (χ2n) is 5.97. The van der Waals surface area contributed by atoms with Gasteiger partial charge in [0, 0.05) is 22.5 Å². The maximum atomic E-state index is 13.6. The smallest absolute Gasteiger partial charge is 0.417 e. The Bertz CT molecular complexity index is 1180. The van der Waals surface area contributed by atoms with E-state index in [-0.39, 0.29) is 16.6 Å². The molecule has 150 valence electrons. The zero-order chi connectivity index (χ0) is 21.2. The number of nitrogens with zero attached hydrogens (tertiary/aromatic N) is 3. The molecule has 0 saturated heterocycles. The number of para-hydroxylation sites is 1. The molecule has 4 rings (SSSR count). The number of alkyl halides is 4. The number of hydrogen-bond acceptors (Lipinski definition) is 3. The molecular weight excluding hydrogens is 390 g/mol. The summed E-state index contributed by atoms with van der Waals surface area (Å²) in [5.74, 6) is -1.19. The van der Waals surface area contributed by atoms with Crippen molar-refractivity contribution in [1.29, 1.82) is 0 Å². The molecule has 4 aromatic rings. The number of rotatable bonds is 3. The van der Waals surface area contributed by atoms with Crippen LogP contribution in [-0.4, -0.2) is 33.0 Å². The molecule has 0 saturated carbocycles. The van der Waals surface area contributed by atoms with Gasteiger partial charge in [-0.05, 0) is 24.3 Å². The van der Waals surface area contributed by atoms with E-state index in [0.29, 0.717) is 23.6 Å². The third kappa shape index (κ3) is 3.75. The molecule has 0 aliphatic rings. The summed E-state index contributed by atoms with van der Waals surface area (Å²) in [5.41, 5.74) is 0.417. The number of halogens is 4. The quantitative estimate of drug-likeness (QED) is 0.490. The van der Waals surface area contributed by atoms with Crippen molar-refractivity contribution < 1.29 is 27.5 Å². The maximum Gasteiger partial charge on any atom is 0.417 e. The van der Waals surface area contributed by atoms with Crippen molar-refractivity contribution in [3.8, 4) is 11.3 Å². The third-order valence-electron chi connectivity index (χ3n) is 4.27. The highest BCUT2D eigenvalue weighted by Crippen LogP contribution is 2.40. The van der Waals surface area contributed by atoms with Gasteiger partial charge in [-0.15, -0.1) is 0 Å². The maximum absolute atomic E-state index is 13.6. The molecule has 9 heteroatoms. The highest BCUT2D eigenvalue weighted by atomic mass is 19.4. The van der Waals surface area contributed by atoms with Gasteiger partial charge in [0.2, 0.25) is 0 Å². The van der Waals surface area contributed by atoms with E-state index < -0.39 is 24.3 Å². The van der Waals surface area contributed by atoms with Crippen LogP contribution < -0.4 is 0 Å². The van der Waals surface area contributed by atoms with Gasteiger partial charge in [0.05, 0.1) is 23.8 Å². The Morgan fingerprint density at radius 3 is 2.48 bits per heavy atom. The molecule has 1 N–H and O–H groups in total. The van der Waals surface area contributed by atoms with E-state index in [1.807, 2.05) is 0 Å². The van der Waals surface area contributed by atoms with Gasteiger partial charge in [-0.3, -0.25) is 18.9 Å². The van der Waals surface area contributed by atoms with E-state index >= 15 is 0 Å². The summed E-state index contributed by atoms with van der Waals surface area (Å²) >= 11 is 0. The van der Waals surface area contributed by atoms with Crippen molar-refractivity contribution in [2.24, 2.45) is 0 Å². The fourth-order valence-electron chi connectivity index (χ4n) is 3.20. The number of hydrogen-bond donors (Lipinski definition) is 1. The topological polar surface area (TPSA) is 68.0 Å². The van der Waals surface area contributed by atoms with Crippen molar-refractivity contribution in [2.75, 3.05) is 7.18 Å². The van der Waals surface area contributed by atoms with E-state index in [1.54, 1.807) is 30.3 Å². The minimum atomic E-state index is -4.60. The second kappa shape index (κ2) is 7.86. The Balaban J connectivity index is 0.00000117. The summed E-state index contributed by atoms with van der Waals surface area (Å²) in [6, 6.07) is 12.3. The Labute approximate surface area is 162 Å². The lowest BCUT2D eigenvalue weighted by atomic mass is 10.00. The van der Waals surface area contributed by atoms with Gasteiger partial charge in [-0.1, -0.05) is 24.3 Å². The van der Waals surface area contributed by atoms with Gasteiger partial charge >= 0.3 is 12.1 Å². The van der Waals surface area contributed by atoms with E-state index in [4.69, 9.17) is 5.11 Å². The van der Waals surface area contributed by atoms with Gasteiger partial charge < -0.3 is 5.11 Å². The molecule has 0 bridgehead atoms. The monoisotopic (exact) mass is 405 g/mol. The SMILES string of the molecule is CF.O=C(O)Cn1nc(-c2ccnc3ccccc23)c2c(C(F)(F)F)cccc21. The van der Waals surface area contributed by atoms with Crippen LogP contribution in [0.15, 0.2) is 54.7 Å². The predicted molar refractivity (Wildman–Crippen MR) is 100 cm³/mol. The Morgan fingerprint density at radius 2 is 1.79 bits per heavy atom. The Hall–Kier alpha value is -3.49. The minimum Gasteiger partial charge on any atom is -0.480 e. The lowest BCUT2D eigenvalue weighted by Crippen LogP contribution is -2.10. The molecule has 0 aliphatic heterocycles. The molecule has 5 nitrogen and oxygen atoms in total. The Kier molecular flexibility index (Phi) is 5.49. The van der Waals surface area contributed by atoms with Crippen molar-refractivity contribution in [1.82, 2.24) is 14.8 Å². The number of carboxylic acids is 1. The molecule has 29 heavy (non-hydrogen) atoms. The first-order valence-electron chi connectivity index (χ1n) is 8.36. The van der Waals surface area contributed by atoms with Crippen molar-refractivity contribution in [3.63, 3.8) is 0 Å². The summed E-state index contributed by atoms with van der Waals surface area (Å²) in [7, 11) is 0.500. The fourth-order valence-corrected chi connectivity index (χ4v) is 3.20. The number of carboxylic acid groups (broad SMARTS) is 1. The molecule has 0 unspecified atom stereocenters. The average Bonchev–Trinajstić information content (AvgIpc) is 3.06. The fraction of sp³-hybridized carbons (Fsp3) is 0.150. The van der Waals surface area contributed by atoms with E-state index in [9.17, 15) is 22.4 Å². The lowest BCUT2D eigenvalue weighted by molar-refractivity contribution is -0.138. The Morgan fingerprint density at radius 1 is 1.07 bits per heavy atom. The molecule has 0 amide bonds. The highest BCUT2D eigenvalue weighted by molar-refractivity contribution is 6.04. The standard InChI is InChI=1S/C19H12F3N3O2.CH3F/c20-19(21,22)13-5-3-7-15-17(13)18(24-25(15)10-16(26)27)12-8-9-23-14-6-2-1-4-11(12)14;1-2/h1-9H,10H2,(H,26,27);1H3. The van der Waals surface area contributed by atoms with Crippen molar-refractivity contribution >= 4 is 27.8 Å². The summed E-state index contributed by atoms with van der Waals surface area (Å²) in [6.45, 7) is -0.541. The van der Waals surface area contributed by atoms with Gasteiger partial charge in [0.15, 0.2) is 0 Å². The van der Waals surface area contributed by atoms with Crippen LogP contribution in [0.3, 0.4) is 0 Å². The molecule has 0 radical (unpaired) electrons. The zero-order valence-electron chi connectivity index (χ0n) is 15.1. The zero-order valence-corrected chi connectivity index (χ0v) is 15.1. The predicted octanol–water partition coefficient (Wildman–Crippen LogP) is 4.94. The average molecular weight is 405 g/mol. The van der Waals surface area contributed by atoms with Crippen molar-refractivity contribution in [2.45, 2.75) is 12.7 Å². The molecule has 2 heterocycles. The van der Waals surface area contributed by atoms with E-state index in [1.165, 1.54) is 18.3 Å². The van der Waals surface area contributed by atoms with Crippen LogP contribution in [0.5, 0.6) is 0 Å². The molecule has 0 spiro atoms. The lowest BCUT2D eigenvalue weighted by Gasteiger charge is -2.10. The summed E-state index contributed by atoms with van der Waals surface area (Å²) < 4.78 is 51.5. The number of benzene rings is 2. The van der Waals surface area contributed by atoms with E-state index in [0.717, 1.165) is 10.7 Å². The number of aromatic nitrogens is 3. The minimum absolute atomic E-state index is 0.0813. The summed E-state index contributed by atoms with van der Waals surface area (Å²) in [5, 5.41) is 13.9. The summed E-state index contributed by atoms with van der Waals surface area (Å²) in [6.07, 6.45) is -3.11. The normalized spacial score (nSPS) is 11.3. The third-order valence-corrected chi connectivity index (χ3v) is 4.27. The van der Waals surface area contributed by atoms with Crippen LogP contribution in [-0.2, 0) is 17.5 Å². The molecule has 2 aromatic heterocycles. The molecule has 2 aromatic carbocycles. The van der Waals surface area contributed by atoms with Crippen LogP contribution in [0, 0.1) is 0 Å². The number of aliphatic carboxylic acids is 1. The van der Waals surface area contributed by atoms with Crippen LogP contribution in [0.1, 0.15) is 5.56 Å². The van der Waals surface area contributed by atoms with Gasteiger partial charge in [-0.2, -0.15) is 18.3 Å². The molecule has 0 atom stereocenters. The van der Waals surface area contributed by atoms with Gasteiger partial charge in [0.1, 0.15) is 12.2 Å². The number of pyridine rings is 1.